The fourth-order valence-electron chi connectivity index (χ4n) is 1.16. The molecule has 1 N–H and O–H groups in total. The number of benzene rings is 1. The Bertz CT molecular complexity index is 312. The Balaban J connectivity index is 3.13. The Kier molecular flexibility index (Phi) is 3.46. The molecule has 0 radical (unpaired) electrons. The molecular weight excluding hydrogens is 189 g/mol. The third-order valence-electron chi connectivity index (χ3n) is 1.86. The molecule has 1 nitrogen and oxygen atoms in total. The number of hydrogen-bond donors (Lipinski definition) is 1. The molecule has 3 heteroatoms. The lowest BCUT2D eigenvalue weighted by Crippen LogP contribution is -2.15. The molecule has 0 bridgehead atoms. The lowest BCUT2D eigenvalue weighted by molar-refractivity contribution is 0.583. The van der Waals surface area contributed by atoms with Gasteiger partial charge in [0.2, 0.25) is 0 Å². The minimum atomic E-state index is -0.386. The summed E-state index contributed by atoms with van der Waals surface area (Å²) in [4.78, 5) is 0. The van der Waals surface area contributed by atoms with E-state index in [1.165, 1.54) is 6.07 Å². The standard InChI is InChI=1S/C10H11ClFN/c1-3-9(13-2)7-5-4-6-8(11)10(7)12/h3-6,9,13H,1H2,2H3. The maximum absolute atomic E-state index is 13.4. The fraction of sp³-hybridized carbons (Fsp3) is 0.200. The molecule has 0 saturated carbocycles. The van der Waals surface area contributed by atoms with E-state index in [1.54, 1.807) is 25.3 Å². The van der Waals surface area contributed by atoms with E-state index in [1.807, 2.05) is 0 Å². The predicted octanol–water partition coefficient (Wildman–Crippen LogP) is 2.93. The molecular formula is C10H11ClFN. The van der Waals surface area contributed by atoms with E-state index in [9.17, 15) is 4.39 Å². The van der Waals surface area contributed by atoms with Gasteiger partial charge in [-0.1, -0.05) is 29.8 Å². The van der Waals surface area contributed by atoms with Gasteiger partial charge in [-0.2, -0.15) is 0 Å². The number of halogens is 2. The summed E-state index contributed by atoms with van der Waals surface area (Å²) in [7, 11) is 1.74. The van der Waals surface area contributed by atoms with Crippen molar-refractivity contribution >= 4 is 11.6 Å². The number of rotatable bonds is 3. The zero-order valence-corrected chi connectivity index (χ0v) is 8.11. The molecule has 1 unspecified atom stereocenters. The summed E-state index contributed by atoms with van der Waals surface area (Å²) >= 11 is 5.63. The molecule has 0 spiro atoms. The van der Waals surface area contributed by atoms with Gasteiger partial charge >= 0.3 is 0 Å². The van der Waals surface area contributed by atoms with Crippen molar-refractivity contribution in [3.8, 4) is 0 Å². The average molecular weight is 200 g/mol. The number of nitrogens with one attached hydrogen (secondary N) is 1. The second-order valence-corrected chi connectivity index (χ2v) is 3.05. The maximum Gasteiger partial charge on any atom is 0.146 e. The topological polar surface area (TPSA) is 12.0 Å². The molecule has 0 aromatic heterocycles. The number of likely N-dealkylation sites (N-methyl/N-ethyl adjacent to an activating group) is 1. The molecule has 0 aliphatic carbocycles. The molecule has 1 rings (SSSR count). The van der Waals surface area contributed by atoms with Crippen LogP contribution in [0.25, 0.3) is 0 Å². The fourth-order valence-corrected chi connectivity index (χ4v) is 1.34. The van der Waals surface area contributed by atoms with Crippen LogP contribution in [0.2, 0.25) is 5.02 Å². The van der Waals surface area contributed by atoms with Gasteiger partial charge in [0.1, 0.15) is 5.82 Å². The first-order chi connectivity index (χ1) is 6.20. The van der Waals surface area contributed by atoms with Crippen LogP contribution in [-0.2, 0) is 0 Å². The summed E-state index contributed by atoms with van der Waals surface area (Å²) < 4.78 is 13.4. The van der Waals surface area contributed by atoms with E-state index in [4.69, 9.17) is 11.6 Å². The largest absolute Gasteiger partial charge is 0.310 e. The van der Waals surface area contributed by atoms with Gasteiger partial charge in [-0.3, -0.25) is 0 Å². The normalized spacial score (nSPS) is 12.5. The van der Waals surface area contributed by atoms with Crippen molar-refractivity contribution in [3.63, 3.8) is 0 Å². The summed E-state index contributed by atoms with van der Waals surface area (Å²) in [5.74, 6) is -0.386. The smallest absolute Gasteiger partial charge is 0.146 e. The minimum absolute atomic E-state index is 0.139. The van der Waals surface area contributed by atoms with Gasteiger partial charge in [0.05, 0.1) is 11.1 Å². The van der Waals surface area contributed by atoms with Crippen molar-refractivity contribution in [2.45, 2.75) is 6.04 Å². The number of hydrogen-bond acceptors (Lipinski definition) is 1. The predicted molar refractivity (Wildman–Crippen MR) is 53.4 cm³/mol. The van der Waals surface area contributed by atoms with Gasteiger partial charge in [-0.25, -0.2) is 4.39 Å². The van der Waals surface area contributed by atoms with E-state index >= 15 is 0 Å². The zero-order chi connectivity index (χ0) is 9.84. The zero-order valence-electron chi connectivity index (χ0n) is 7.35. The molecule has 0 aliphatic heterocycles. The third-order valence-corrected chi connectivity index (χ3v) is 2.16. The van der Waals surface area contributed by atoms with Crippen LogP contribution in [0.15, 0.2) is 30.9 Å². The van der Waals surface area contributed by atoms with Gasteiger partial charge in [0, 0.05) is 5.56 Å². The van der Waals surface area contributed by atoms with Crippen LogP contribution in [0.3, 0.4) is 0 Å². The lowest BCUT2D eigenvalue weighted by Gasteiger charge is -2.12. The Hall–Kier alpha value is -0.860. The van der Waals surface area contributed by atoms with Crippen LogP contribution in [0, 0.1) is 5.82 Å². The van der Waals surface area contributed by atoms with E-state index in [0.29, 0.717) is 5.56 Å². The van der Waals surface area contributed by atoms with Crippen molar-refractivity contribution in [3.05, 3.63) is 47.3 Å². The minimum Gasteiger partial charge on any atom is -0.310 e. The first-order valence-electron chi connectivity index (χ1n) is 3.94. The highest BCUT2D eigenvalue weighted by Gasteiger charge is 2.12. The molecule has 1 atom stereocenters. The molecule has 1 aromatic rings. The molecule has 0 aliphatic rings. The van der Waals surface area contributed by atoms with Crippen molar-refractivity contribution in [1.82, 2.24) is 5.32 Å². The van der Waals surface area contributed by atoms with Crippen molar-refractivity contribution in [1.29, 1.82) is 0 Å². The van der Waals surface area contributed by atoms with E-state index in [2.05, 4.69) is 11.9 Å². The quantitative estimate of drug-likeness (QED) is 0.739. The molecule has 13 heavy (non-hydrogen) atoms. The summed E-state index contributed by atoms with van der Waals surface area (Å²) in [5.41, 5.74) is 0.519. The van der Waals surface area contributed by atoms with Crippen LogP contribution in [0.1, 0.15) is 11.6 Å². The van der Waals surface area contributed by atoms with Crippen LogP contribution < -0.4 is 5.32 Å². The summed E-state index contributed by atoms with van der Waals surface area (Å²) in [6.45, 7) is 3.61. The average Bonchev–Trinajstić information content (AvgIpc) is 2.14. The Labute approximate surface area is 82.2 Å². The van der Waals surface area contributed by atoms with Gasteiger partial charge in [-0.15, -0.1) is 6.58 Å². The van der Waals surface area contributed by atoms with Gasteiger partial charge in [0.15, 0.2) is 0 Å². The highest BCUT2D eigenvalue weighted by molar-refractivity contribution is 6.30. The van der Waals surface area contributed by atoms with E-state index in [-0.39, 0.29) is 16.9 Å². The van der Waals surface area contributed by atoms with E-state index < -0.39 is 0 Å². The molecule has 0 fully saturated rings. The van der Waals surface area contributed by atoms with Crippen LogP contribution in [0.5, 0.6) is 0 Å². The molecule has 0 amide bonds. The summed E-state index contributed by atoms with van der Waals surface area (Å²) in [6, 6.07) is 4.73. The molecule has 1 aromatic carbocycles. The van der Waals surface area contributed by atoms with Gasteiger partial charge in [-0.05, 0) is 13.1 Å². The monoisotopic (exact) mass is 199 g/mol. The molecule has 0 saturated heterocycles. The highest BCUT2D eigenvalue weighted by Crippen LogP contribution is 2.23. The lowest BCUT2D eigenvalue weighted by atomic mass is 10.1. The van der Waals surface area contributed by atoms with E-state index in [0.717, 1.165) is 0 Å². The van der Waals surface area contributed by atoms with Gasteiger partial charge < -0.3 is 5.32 Å². The Morgan fingerprint density at radius 2 is 2.31 bits per heavy atom. The van der Waals surface area contributed by atoms with Crippen molar-refractivity contribution in [2.75, 3.05) is 7.05 Å². The SMILES string of the molecule is C=CC(NC)c1cccc(Cl)c1F. The van der Waals surface area contributed by atoms with Crippen LogP contribution in [0.4, 0.5) is 4.39 Å². The van der Waals surface area contributed by atoms with Crippen molar-refractivity contribution < 1.29 is 4.39 Å². The van der Waals surface area contributed by atoms with Crippen LogP contribution in [-0.4, -0.2) is 7.05 Å². The second kappa shape index (κ2) is 4.40. The maximum atomic E-state index is 13.4. The first kappa shape index (κ1) is 10.2. The highest BCUT2D eigenvalue weighted by atomic mass is 35.5. The molecule has 70 valence electrons. The Morgan fingerprint density at radius 1 is 1.62 bits per heavy atom. The van der Waals surface area contributed by atoms with Gasteiger partial charge in [0.25, 0.3) is 0 Å². The van der Waals surface area contributed by atoms with Crippen molar-refractivity contribution in [2.24, 2.45) is 0 Å². The molecule has 0 heterocycles. The Morgan fingerprint density at radius 3 is 2.85 bits per heavy atom. The summed E-state index contributed by atoms with van der Waals surface area (Å²) in [6.07, 6.45) is 1.63. The van der Waals surface area contributed by atoms with Crippen LogP contribution >= 0.6 is 11.6 Å². The first-order valence-corrected chi connectivity index (χ1v) is 4.32. The second-order valence-electron chi connectivity index (χ2n) is 2.65. The summed E-state index contributed by atoms with van der Waals surface area (Å²) in [5, 5.41) is 3.06. The third kappa shape index (κ3) is 2.08.